The monoisotopic (exact) mass is 268 g/mol. The predicted octanol–water partition coefficient (Wildman–Crippen LogP) is 3.82. The Labute approximate surface area is 119 Å². The van der Waals surface area contributed by atoms with Gasteiger partial charge < -0.3 is 4.57 Å². The average molecular weight is 268 g/mol. The number of hydrogen-bond donors (Lipinski definition) is 0. The van der Waals surface area contributed by atoms with E-state index in [1.54, 1.807) is 0 Å². The van der Waals surface area contributed by atoms with Crippen molar-refractivity contribution >= 4 is 6.29 Å². The molecule has 104 valence electrons. The second-order valence-corrected chi connectivity index (χ2v) is 5.77. The smallest absolute Gasteiger partial charge is 0.168 e. The third kappa shape index (κ3) is 2.17. The van der Waals surface area contributed by atoms with Gasteiger partial charge in [0, 0.05) is 18.5 Å². The second-order valence-electron chi connectivity index (χ2n) is 5.77. The molecule has 0 saturated carbocycles. The molecule has 1 aromatic carbocycles. The van der Waals surface area contributed by atoms with E-state index < -0.39 is 0 Å². The Bertz CT molecular complexity index is 623. The Morgan fingerprint density at radius 3 is 2.60 bits per heavy atom. The van der Waals surface area contributed by atoms with Crippen LogP contribution < -0.4 is 0 Å². The van der Waals surface area contributed by atoms with E-state index in [2.05, 4.69) is 42.7 Å². The summed E-state index contributed by atoms with van der Waals surface area (Å²) in [5.41, 5.74) is 3.92. The minimum absolute atomic E-state index is 0.518. The van der Waals surface area contributed by atoms with Crippen LogP contribution in [0.4, 0.5) is 0 Å². The van der Waals surface area contributed by atoms with E-state index >= 15 is 0 Å². The highest BCUT2D eigenvalue weighted by Gasteiger charge is 2.20. The number of hydrogen-bond acceptors (Lipinski definition) is 2. The zero-order valence-corrected chi connectivity index (χ0v) is 12.1. The molecule has 20 heavy (non-hydrogen) atoms. The van der Waals surface area contributed by atoms with E-state index in [1.807, 2.05) is 0 Å². The summed E-state index contributed by atoms with van der Waals surface area (Å²) in [5.74, 6) is 1.58. The van der Waals surface area contributed by atoms with Crippen LogP contribution in [0.3, 0.4) is 0 Å². The van der Waals surface area contributed by atoms with E-state index in [9.17, 15) is 4.79 Å². The van der Waals surface area contributed by atoms with E-state index in [0.29, 0.717) is 5.92 Å². The maximum absolute atomic E-state index is 11.4. The molecule has 1 aromatic heterocycles. The summed E-state index contributed by atoms with van der Waals surface area (Å²) >= 11 is 0. The normalized spacial score (nSPS) is 14.3. The molecule has 0 amide bonds. The van der Waals surface area contributed by atoms with Crippen molar-refractivity contribution in [3.63, 3.8) is 0 Å². The van der Waals surface area contributed by atoms with Crippen LogP contribution in [0.1, 0.15) is 54.5 Å². The minimum atomic E-state index is 0.518. The standard InChI is InChI=1S/C17H20N2O/c1-12(2)13-6-8-14(9-7-13)17-15(11-20)19-10-4-3-5-16(19)18-17/h6-9,11-12H,3-5,10H2,1-2H3. The van der Waals surface area contributed by atoms with Gasteiger partial charge in [-0.05, 0) is 24.3 Å². The van der Waals surface area contributed by atoms with E-state index in [-0.39, 0.29) is 0 Å². The lowest BCUT2D eigenvalue weighted by Crippen LogP contribution is -2.12. The van der Waals surface area contributed by atoms with Gasteiger partial charge in [0.25, 0.3) is 0 Å². The molecule has 3 heteroatoms. The van der Waals surface area contributed by atoms with Crippen LogP contribution in [-0.4, -0.2) is 15.8 Å². The topological polar surface area (TPSA) is 34.9 Å². The highest BCUT2D eigenvalue weighted by Crippen LogP contribution is 2.27. The molecule has 0 spiro atoms. The first kappa shape index (κ1) is 13.1. The second kappa shape index (κ2) is 5.23. The first-order chi connectivity index (χ1) is 9.70. The first-order valence-corrected chi connectivity index (χ1v) is 7.35. The van der Waals surface area contributed by atoms with Gasteiger partial charge >= 0.3 is 0 Å². The van der Waals surface area contributed by atoms with E-state index in [0.717, 1.165) is 48.4 Å². The number of rotatable bonds is 3. The van der Waals surface area contributed by atoms with Gasteiger partial charge in [-0.1, -0.05) is 38.1 Å². The van der Waals surface area contributed by atoms with E-state index in [4.69, 9.17) is 4.98 Å². The van der Waals surface area contributed by atoms with Crippen molar-refractivity contribution in [3.8, 4) is 11.3 Å². The number of nitrogens with zero attached hydrogens (tertiary/aromatic N) is 2. The van der Waals surface area contributed by atoms with Crippen molar-refractivity contribution < 1.29 is 4.79 Å². The summed E-state index contributed by atoms with van der Waals surface area (Å²) in [5, 5.41) is 0. The fourth-order valence-corrected chi connectivity index (χ4v) is 2.86. The number of benzene rings is 1. The fourth-order valence-electron chi connectivity index (χ4n) is 2.86. The third-order valence-electron chi connectivity index (χ3n) is 4.08. The summed E-state index contributed by atoms with van der Waals surface area (Å²) in [4.78, 5) is 16.1. The number of fused-ring (bicyclic) bond motifs is 1. The first-order valence-electron chi connectivity index (χ1n) is 7.35. The van der Waals surface area contributed by atoms with Crippen LogP contribution in [0, 0.1) is 0 Å². The lowest BCUT2D eigenvalue weighted by atomic mass is 10.0. The number of aldehydes is 1. The number of imidazole rings is 1. The third-order valence-corrected chi connectivity index (χ3v) is 4.08. The molecule has 2 aromatic rings. The zero-order chi connectivity index (χ0) is 14.1. The van der Waals surface area contributed by atoms with Gasteiger partial charge in [-0.2, -0.15) is 0 Å². The molecular formula is C17H20N2O. The Morgan fingerprint density at radius 1 is 1.20 bits per heavy atom. The Hall–Kier alpha value is -1.90. The van der Waals surface area contributed by atoms with Gasteiger partial charge in [-0.25, -0.2) is 4.98 Å². The molecule has 3 rings (SSSR count). The van der Waals surface area contributed by atoms with Crippen LogP contribution in [-0.2, 0) is 13.0 Å². The SMILES string of the molecule is CC(C)c1ccc(-c2nc3n(c2C=O)CCCC3)cc1. The lowest BCUT2D eigenvalue weighted by Gasteiger charge is -2.13. The molecule has 1 aliphatic heterocycles. The van der Waals surface area contributed by atoms with Crippen LogP contribution in [0.2, 0.25) is 0 Å². The fraction of sp³-hybridized carbons (Fsp3) is 0.412. The Kier molecular flexibility index (Phi) is 3.43. The highest BCUT2D eigenvalue weighted by atomic mass is 16.1. The molecule has 0 atom stereocenters. The minimum Gasteiger partial charge on any atom is -0.325 e. The van der Waals surface area contributed by atoms with E-state index in [1.165, 1.54) is 12.0 Å². The van der Waals surface area contributed by atoms with Crippen molar-refractivity contribution in [3.05, 3.63) is 41.3 Å². The van der Waals surface area contributed by atoms with Gasteiger partial charge in [0.15, 0.2) is 6.29 Å². The highest BCUT2D eigenvalue weighted by molar-refractivity contribution is 5.84. The van der Waals surface area contributed by atoms with Gasteiger partial charge in [-0.3, -0.25) is 4.79 Å². The lowest BCUT2D eigenvalue weighted by molar-refractivity contribution is 0.111. The molecule has 0 radical (unpaired) electrons. The average Bonchev–Trinajstić information content (AvgIpc) is 2.85. The van der Waals surface area contributed by atoms with Gasteiger partial charge in [0.1, 0.15) is 11.5 Å². The quantitative estimate of drug-likeness (QED) is 0.793. The molecule has 2 heterocycles. The van der Waals surface area contributed by atoms with Crippen molar-refractivity contribution in [2.45, 2.75) is 45.6 Å². The predicted molar refractivity (Wildman–Crippen MR) is 80.1 cm³/mol. The molecule has 1 aliphatic rings. The van der Waals surface area contributed by atoms with Crippen molar-refractivity contribution in [1.82, 2.24) is 9.55 Å². The summed E-state index contributed by atoms with van der Waals surface area (Å²) in [6.45, 7) is 5.28. The van der Waals surface area contributed by atoms with Gasteiger partial charge in [-0.15, -0.1) is 0 Å². The van der Waals surface area contributed by atoms with Crippen molar-refractivity contribution in [1.29, 1.82) is 0 Å². The Balaban J connectivity index is 2.05. The molecule has 0 saturated heterocycles. The number of carbonyl (C=O) groups excluding carboxylic acids is 1. The zero-order valence-electron chi connectivity index (χ0n) is 12.1. The molecule has 0 aliphatic carbocycles. The number of carbonyl (C=O) groups is 1. The maximum Gasteiger partial charge on any atom is 0.168 e. The van der Waals surface area contributed by atoms with Gasteiger partial charge in [0.05, 0.1) is 5.69 Å². The number of aromatic nitrogens is 2. The molecule has 0 N–H and O–H groups in total. The molecule has 3 nitrogen and oxygen atoms in total. The summed E-state index contributed by atoms with van der Waals surface area (Å²) < 4.78 is 2.09. The van der Waals surface area contributed by atoms with Crippen molar-refractivity contribution in [2.24, 2.45) is 0 Å². The van der Waals surface area contributed by atoms with Crippen LogP contribution >= 0.6 is 0 Å². The maximum atomic E-state index is 11.4. The molecule has 0 bridgehead atoms. The van der Waals surface area contributed by atoms with Crippen molar-refractivity contribution in [2.75, 3.05) is 0 Å². The molecule has 0 unspecified atom stereocenters. The number of aryl methyl sites for hydroxylation is 1. The summed E-state index contributed by atoms with van der Waals surface area (Å²) in [6, 6.07) is 8.42. The summed E-state index contributed by atoms with van der Waals surface area (Å²) in [7, 11) is 0. The largest absolute Gasteiger partial charge is 0.325 e. The summed E-state index contributed by atoms with van der Waals surface area (Å²) in [6.07, 6.45) is 4.23. The van der Waals surface area contributed by atoms with Gasteiger partial charge in [0.2, 0.25) is 0 Å². The Morgan fingerprint density at radius 2 is 1.95 bits per heavy atom. The van der Waals surface area contributed by atoms with Crippen LogP contribution in [0.15, 0.2) is 24.3 Å². The molecular weight excluding hydrogens is 248 g/mol. The van der Waals surface area contributed by atoms with Crippen LogP contribution in [0.5, 0.6) is 0 Å². The molecule has 0 fully saturated rings. The van der Waals surface area contributed by atoms with Crippen LogP contribution in [0.25, 0.3) is 11.3 Å².